The lowest BCUT2D eigenvalue weighted by molar-refractivity contribution is -0.132. The molecule has 162 valence electrons. The van der Waals surface area contributed by atoms with Gasteiger partial charge in [0.1, 0.15) is 5.76 Å². The van der Waals surface area contributed by atoms with Crippen LogP contribution in [-0.4, -0.2) is 29.5 Å². The Morgan fingerprint density at radius 2 is 2.00 bits per heavy atom. The second-order valence-corrected chi connectivity index (χ2v) is 8.36. The van der Waals surface area contributed by atoms with Crippen molar-refractivity contribution < 1.29 is 9.21 Å². The number of hydrogen-bond donors (Lipinski definition) is 0. The second-order valence-electron chi connectivity index (χ2n) is 7.33. The molecule has 4 heterocycles. The Hall–Kier alpha value is -3.40. The van der Waals surface area contributed by atoms with Gasteiger partial charge in [-0.2, -0.15) is 0 Å². The van der Waals surface area contributed by atoms with Gasteiger partial charge in [0.15, 0.2) is 11.2 Å². The van der Waals surface area contributed by atoms with Gasteiger partial charge in [0.25, 0.3) is 5.56 Å². The van der Waals surface area contributed by atoms with E-state index in [0.717, 1.165) is 15.2 Å². The highest BCUT2D eigenvalue weighted by atomic mass is 32.1. The quantitative estimate of drug-likeness (QED) is 0.417. The molecule has 4 aromatic heterocycles. The van der Waals surface area contributed by atoms with Crippen LogP contribution < -0.4 is 11.2 Å². The number of carbonyl (C=O) groups excluding carboxylic acids is 1. The minimum absolute atomic E-state index is 0.00882. The van der Waals surface area contributed by atoms with Crippen molar-refractivity contribution in [1.29, 1.82) is 0 Å². The van der Waals surface area contributed by atoms with Crippen LogP contribution in [0.1, 0.15) is 23.5 Å². The first kappa shape index (κ1) is 20.9. The maximum Gasteiger partial charge on any atom is 0.332 e. The van der Waals surface area contributed by atoms with E-state index in [4.69, 9.17) is 4.42 Å². The van der Waals surface area contributed by atoms with Gasteiger partial charge in [0, 0.05) is 31.9 Å². The molecule has 1 amide bonds. The maximum atomic E-state index is 13.0. The van der Waals surface area contributed by atoms with Gasteiger partial charge >= 0.3 is 5.69 Å². The molecule has 0 saturated carbocycles. The zero-order valence-corrected chi connectivity index (χ0v) is 18.2. The van der Waals surface area contributed by atoms with Crippen LogP contribution in [0, 0.1) is 0 Å². The summed E-state index contributed by atoms with van der Waals surface area (Å²) in [6.45, 7) is 1.37. The first-order chi connectivity index (χ1) is 15.0. The summed E-state index contributed by atoms with van der Waals surface area (Å²) in [5, 5.41) is 1.99. The van der Waals surface area contributed by atoms with E-state index in [1.165, 1.54) is 11.6 Å². The van der Waals surface area contributed by atoms with Crippen LogP contribution in [0.4, 0.5) is 0 Å². The zero-order valence-electron chi connectivity index (χ0n) is 17.4. The van der Waals surface area contributed by atoms with Gasteiger partial charge in [-0.25, -0.2) is 9.78 Å². The van der Waals surface area contributed by atoms with Crippen molar-refractivity contribution >= 4 is 28.4 Å². The molecule has 4 aromatic rings. The highest BCUT2D eigenvalue weighted by molar-refractivity contribution is 7.09. The molecule has 10 heteroatoms. The molecule has 0 atom stereocenters. The van der Waals surface area contributed by atoms with Gasteiger partial charge < -0.3 is 13.9 Å². The molecule has 9 nitrogen and oxygen atoms in total. The Morgan fingerprint density at radius 1 is 1.16 bits per heavy atom. The zero-order chi connectivity index (χ0) is 22.0. The number of furan rings is 1. The largest absolute Gasteiger partial charge is 0.467 e. The van der Waals surface area contributed by atoms with Crippen LogP contribution in [0.25, 0.3) is 11.2 Å². The Kier molecular flexibility index (Phi) is 5.90. The lowest BCUT2D eigenvalue weighted by Crippen LogP contribution is -2.37. The third kappa shape index (κ3) is 4.24. The van der Waals surface area contributed by atoms with Crippen LogP contribution in [0.15, 0.2) is 56.2 Å². The fourth-order valence-electron chi connectivity index (χ4n) is 3.54. The van der Waals surface area contributed by atoms with Gasteiger partial charge in [0.2, 0.25) is 5.91 Å². The molecule has 0 N–H and O–H groups in total. The van der Waals surface area contributed by atoms with Gasteiger partial charge in [-0.15, -0.1) is 11.3 Å². The molecule has 0 aliphatic rings. The Bertz CT molecular complexity index is 1260. The fraction of sp³-hybridized carbons (Fsp3) is 0.333. The summed E-state index contributed by atoms with van der Waals surface area (Å²) in [5.74, 6) is 0.740. The van der Waals surface area contributed by atoms with Gasteiger partial charge in [0.05, 0.1) is 25.7 Å². The van der Waals surface area contributed by atoms with Crippen LogP contribution in [0.3, 0.4) is 0 Å². The summed E-state index contributed by atoms with van der Waals surface area (Å²) in [6, 6.07) is 7.63. The minimum Gasteiger partial charge on any atom is -0.467 e. The Morgan fingerprint density at radius 3 is 2.71 bits per heavy atom. The number of nitrogens with zero attached hydrogens (tertiary/aromatic N) is 5. The van der Waals surface area contributed by atoms with Crippen molar-refractivity contribution in [3.63, 3.8) is 0 Å². The number of aromatic nitrogens is 4. The molecule has 0 unspecified atom stereocenters. The first-order valence-corrected chi connectivity index (χ1v) is 10.8. The fourth-order valence-corrected chi connectivity index (χ4v) is 4.26. The number of thiophene rings is 1. The van der Waals surface area contributed by atoms with Gasteiger partial charge in [-0.1, -0.05) is 6.07 Å². The maximum absolute atomic E-state index is 13.0. The highest BCUT2D eigenvalue weighted by Gasteiger charge is 2.18. The van der Waals surface area contributed by atoms with Crippen LogP contribution in [0.2, 0.25) is 0 Å². The van der Waals surface area contributed by atoms with E-state index in [-0.39, 0.29) is 11.5 Å². The number of carbonyl (C=O) groups is 1. The van der Waals surface area contributed by atoms with E-state index in [9.17, 15) is 14.4 Å². The van der Waals surface area contributed by atoms with Crippen molar-refractivity contribution in [2.75, 3.05) is 0 Å². The van der Waals surface area contributed by atoms with Crippen LogP contribution in [0.5, 0.6) is 0 Å². The number of imidazole rings is 1. The summed E-state index contributed by atoms with van der Waals surface area (Å²) < 4.78 is 9.55. The summed E-state index contributed by atoms with van der Waals surface area (Å²) >= 11 is 1.61. The third-order valence-electron chi connectivity index (χ3n) is 5.21. The molecule has 0 aliphatic carbocycles. The first-order valence-electron chi connectivity index (χ1n) is 9.89. The van der Waals surface area contributed by atoms with E-state index in [1.807, 2.05) is 23.6 Å². The molecule has 0 spiro atoms. The summed E-state index contributed by atoms with van der Waals surface area (Å²) in [6.07, 6.45) is 4.00. The summed E-state index contributed by atoms with van der Waals surface area (Å²) in [5.41, 5.74) is -0.0983. The van der Waals surface area contributed by atoms with E-state index in [2.05, 4.69) is 4.98 Å². The monoisotopic (exact) mass is 441 g/mol. The molecule has 4 rings (SSSR count). The van der Waals surface area contributed by atoms with Gasteiger partial charge in [-0.3, -0.25) is 18.7 Å². The molecular formula is C21H23N5O4S. The SMILES string of the molecule is Cn1c(=O)c2c(ncn2CCCC(=O)N(Cc2ccco2)Cc2cccs2)n(C)c1=O. The average molecular weight is 442 g/mol. The molecule has 0 aromatic carbocycles. The summed E-state index contributed by atoms with van der Waals surface area (Å²) in [7, 11) is 3.03. The van der Waals surface area contributed by atoms with Gasteiger partial charge in [-0.05, 0) is 30.0 Å². The Balaban J connectivity index is 1.47. The van der Waals surface area contributed by atoms with E-state index in [0.29, 0.717) is 43.6 Å². The normalized spacial score (nSPS) is 11.3. The van der Waals surface area contributed by atoms with Crippen LogP contribution in [-0.2, 0) is 38.5 Å². The summed E-state index contributed by atoms with van der Waals surface area (Å²) in [4.78, 5) is 44.7. The van der Waals surface area contributed by atoms with Crippen molar-refractivity contribution in [3.8, 4) is 0 Å². The number of amides is 1. The molecule has 0 bridgehead atoms. The van der Waals surface area contributed by atoms with Crippen molar-refractivity contribution in [3.05, 3.63) is 73.7 Å². The number of fused-ring (bicyclic) bond motifs is 1. The molecule has 0 saturated heterocycles. The lowest BCUT2D eigenvalue weighted by atomic mass is 10.2. The molecule has 0 fully saturated rings. The average Bonchev–Trinajstić information content (AvgIpc) is 3.52. The second kappa shape index (κ2) is 8.76. The molecule has 31 heavy (non-hydrogen) atoms. The Labute approximate surface area is 181 Å². The van der Waals surface area contributed by atoms with Crippen LogP contribution >= 0.6 is 11.3 Å². The smallest absolute Gasteiger partial charge is 0.332 e. The number of rotatable bonds is 8. The number of hydrogen-bond acceptors (Lipinski definition) is 6. The molecular weight excluding hydrogens is 418 g/mol. The third-order valence-corrected chi connectivity index (χ3v) is 6.07. The number of aryl methyl sites for hydroxylation is 2. The molecule has 0 radical (unpaired) electrons. The van der Waals surface area contributed by atoms with Crippen molar-refractivity contribution in [2.24, 2.45) is 14.1 Å². The van der Waals surface area contributed by atoms with E-state index >= 15 is 0 Å². The van der Waals surface area contributed by atoms with Crippen molar-refractivity contribution in [2.45, 2.75) is 32.5 Å². The minimum atomic E-state index is -0.417. The molecule has 0 aliphatic heterocycles. The van der Waals surface area contributed by atoms with Crippen molar-refractivity contribution in [1.82, 2.24) is 23.6 Å². The predicted molar refractivity (Wildman–Crippen MR) is 117 cm³/mol. The highest BCUT2D eigenvalue weighted by Crippen LogP contribution is 2.17. The lowest BCUT2D eigenvalue weighted by Gasteiger charge is -2.21. The van der Waals surface area contributed by atoms with E-state index in [1.54, 1.807) is 46.5 Å². The topological polar surface area (TPSA) is 95.3 Å². The van der Waals surface area contributed by atoms with E-state index < -0.39 is 5.69 Å². The standard InChI is InChI=1S/C21H23N5O4S/c1-23-19-18(20(28)24(2)21(23)29)25(14-22-19)9-3-8-17(27)26(12-15-6-4-10-30-15)13-16-7-5-11-31-16/h4-7,10-11,14H,3,8-9,12-13H2,1-2H3. The predicted octanol–water partition coefficient (Wildman–Crippen LogP) is 2.10.